The quantitative estimate of drug-likeness (QED) is 0.320. The summed E-state index contributed by atoms with van der Waals surface area (Å²) in [6.45, 7) is 7.36. The van der Waals surface area contributed by atoms with E-state index in [9.17, 15) is 23.1 Å². The first-order valence-electron chi connectivity index (χ1n) is 12.2. The minimum absolute atomic E-state index is 0.0205. The number of ketones is 1. The maximum absolute atomic E-state index is 13.3. The zero-order valence-corrected chi connectivity index (χ0v) is 23.5. The predicted octanol–water partition coefficient (Wildman–Crippen LogP) is 3.61. The second kappa shape index (κ2) is 10.8. The van der Waals surface area contributed by atoms with Gasteiger partial charge in [0.2, 0.25) is 10.0 Å². The summed E-state index contributed by atoms with van der Waals surface area (Å²) in [4.78, 5) is 29.9. The number of sulfonamides is 1. The lowest BCUT2D eigenvalue weighted by molar-refractivity contribution is -0.139. The number of hydrogen-bond acceptors (Lipinski definition) is 6. The number of rotatable bonds is 8. The van der Waals surface area contributed by atoms with E-state index in [1.165, 1.54) is 43.3 Å². The first-order chi connectivity index (χ1) is 17.2. The third-order valence-electron chi connectivity index (χ3n) is 6.52. The van der Waals surface area contributed by atoms with Crippen LogP contribution in [-0.2, 0) is 25.0 Å². The fourth-order valence-corrected chi connectivity index (χ4v) is 5.30. The van der Waals surface area contributed by atoms with Gasteiger partial charge in [0.1, 0.15) is 5.76 Å². The van der Waals surface area contributed by atoms with Gasteiger partial charge in [0.15, 0.2) is 0 Å². The number of carbonyl (C=O) groups is 2. The maximum Gasteiger partial charge on any atom is 0.295 e. The maximum atomic E-state index is 13.3. The molecule has 0 aliphatic carbocycles. The Hall–Kier alpha value is -3.01. The highest BCUT2D eigenvalue weighted by atomic mass is 32.2. The van der Waals surface area contributed by atoms with Crippen molar-refractivity contribution in [1.29, 1.82) is 0 Å². The molecule has 2 aromatic rings. The van der Waals surface area contributed by atoms with E-state index in [1.807, 2.05) is 43.3 Å². The van der Waals surface area contributed by atoms with Crippen LogP contribution in [0.1, 0.15) is 49.9 Å². The van der Waals surface area contributed by atoms with Crippen LogP contribution in [0, 0.1) is 0 Å². The third-order valence-corrected chi connectivity index (χ3v) is 8.33. The smallest absolute Gasteiger partial charge is 0.295 e. The van der Waals surface area contributed by atoms with Gasteiger partial charge in [0.25, 0.3) is 11.7 Å². The Bertz CT molecular complexity index is 1310. The molecule has 1 saturated heterocycles. The molecular weight excluding hydrogens is 490 g/mol. The molecule has 0 saturated carbocycles. The zero-order valence-electron chi connectivity index (χ0n) is 22.6. The second-order valence-corrected chi connectivity index (χ2v) is 13.0. The second-order valence-electron chi connectivity index (χ2n) is 10.8. The topological polar surface area (TPSA) is 98.2 Å². The van der Waals surface area contributed by atoms with Crippen LogP contribution >= 0.6 is 0 Å². The molecule has 1 amide bonds. The summed E-state index contributed by atoms with van der Waals surface area (Å²) in [6, 6.07) is 12.7. The van der Waals surface area contributed by atoms with Gasteiger partial charge in [-0.2, -0.15) is 0 Å². The molecule has 0 spiro atoms. The van der Waals surface area contributed by atoms with Gasteiger partial charge in [-0.25, -0.2) is 12.7 Å². The van der Waals surface area contributed by atoms with Crippen LogP contribution in [0.15, 0.2) is 59.0 Å². The average Bonchev–Trinajstić information content (AvgIpc) is 3.08. The predicted molar refractivity (Wildman–Crippen MR) is 145 cm³/mol. The summed E-state index contributed by atoms with van der Waals surface area (Å²) in [5, 5.41) is 11.3. The van der Waals surface area contributed by atoms with Gasteiger partial charge in [0.05, 0.1) is 16.5 Å². The molecule has 2 aromatic carbocycles. The van der Waals surface area contributed by atoms with Crippen LogP contribution in [0.25, 0.3) is 5.76 Å². The van der Waals surface area contributed by atoms with Crippen LogP contribution in [0.3, 0.4) is 0 Å². The molecular formula is C28H37N3O5S. The molecule has 3 rings (SSSR count). The van der Waals surface area contributed by atoms with Crippen LogP contribution in [-0.4, -0.2) is 80.6 Å². The standard InChI is InChI=1S/C28H37N3O5S/c1-28(2,3)21-14-12-19(13-15-21)24-23(26(33)27(34)31(24)17-9-16-29(4)5)25(32)20-10-8-11-22(18-20)37(35,36)30(6)7/h8,10-15,18,24,32H,9,16-17H2,1-7H3/t24-/m0/s1. The molecule has 1 aliphatic rings. The number of likely N-dealkylation sites (tertiary alicyclic amines) is 1. The Morgan fingerprint density at radius 1 is 1.00 bits per heavy atom. The zero-order chi connectivity index (χ0) is 27.7. The number of amides is 1. The van der Waals surface area contributed by atoms with E-state index < -0.39 is 33.5 Å². The number of Topliss-reactive ketones (excluding diaryl/α,β-unsaturated/α-hetero) is 1. The molecule has 1 atom stereocenters. The SMILES string of the molecule is CN(C)CCCN1C(=O)C(=O)C(=C(O)c2cccc(S(=O)(=O)N(C)C)c2)[C@@H]1c1ccc(C(C)(C)C)cc1. The lowest BCUT2D eigenvalue weighted by atomic mass is 9.85. The molecule has 1 fully saturated rings. The Kier molecular flexibility index (Phi) is 8.31. The molecule has 9 heteroatoms. The fraction of sp³-hybridized carbons (Fsp3) is 0.429. The van der Waals surface area contributed by atoms with Crippen molar-refractivity contribution in [3.05, 3.63) is 70.8 Å². The van der Waals surface area contributed by atoms with E-state index in [-0.39, 0.29) is 21.4 Å². The Balaban J connectivity index is 2.16. The molecule has 1 aliphatic heterocycles. The normalized spacial score (nSPS) is 18.3. The molecule has 0 aromatic heterocycles. The highest BCUT2D eigenvalue weighted by Gasteiger charge is 2.46. The van der Waals surface area contributed by atoms with Gasteiger partial charge in [-0.1, -0.05) is 57.2 Å². The largest absolute Gasteiger partial charge is 0.507 e. The number of aliphatic hydroxyl groups is 1. The van der Waals surface area contributed by atoms with E-state index in [1.54, 1.807) is 0 Å². The molecule has 0 unspecified atom stereocenters. The first-order valence-corrected chi connectivity index (χ1v) is 13.7. The lowest BCUT2D eigenvalue weighted by Gasteiger charge is -2.27. The number of benzene rings is 2. The van der Waals surface area contributed by atoms with Gasteiger partial charge in [0, 0.05) is 26.2 Å². The molecule has 1 heterocycles. The molecule has 37 heavy (non-hydrogen) atoms. The number of nitrogens with zero attached hydrogens (tertiary/aromatic N) is 3. The minimum Gasteiger partial charge on any atom is -0.507 e. The number of hydrogen-bond donors (Lipinski definition) is 1. The Morgan fingerprint density at radius 2 is 1.62 bits per heavy atom. The van der Waals surface area contributed by atoms with Crippen molar-refractivity contribution < 1.29 is 23.1 Å². The Morgan fingerprint density at radius 3 is 2.16 bits per heavy atom. The summed E-state index contributed by atoms with van der Waals surface area (Å²) in [5.74, 6) is -1.86. The Labute approximate surface area is 220 Å². The summed E-state index contributed by atoms with van der Waals surface area (Å²) in [6.07, 6.45) is 0.646. The highest BCUT2D eigenvalue weighted by molar-refractivity contribution is 7.89. The van der Waals surface area contributed by atoms with Crippen molar-refractivity contribution in [1.82, 2.24) is 14.1 Å². The van der Waals surface area contributed by atoms with E-state index in [0.717, 1.165) is 16.4 Å². The summed E-state index contributed by atoms with van der Waals surface area (Å²) >= 11 is 0. The van der Waals surface area contributed by atoms with Gasteiger partial charge in [-0.05, 0) is 55.7 Å². The number of carbonyl (C=O) groups excluding carboxylic acids is 2. The summed E-state index contributed by atoms with van der Waals surface area (Å²) < 4.78 is 26.4. The van der Waals surface area contributed by atoms with Crippen molar-refractivity contribution in [2.24, 2.45) is 0 Å². The molecule has 8 nitrogen and oxygen atoms in total. The van der Waals surface area contributed by atoms with Gasteiger partial charge < -0.3 is 14.9 Å². The van der Waals surface area contributed by atoms with Crippen molar-refractivity contribution in [3.63, 3.8) is 0 Å². The monoisotopic (exact) mass is 527 g/mol. The van der Waals surface area contributed by atoms with E-state index in [0.29, 0.717) is 18.5 Å². The summed E-state index contributed by atoms with van der Waals surface area (Å²) in [5.41, 5.74) is 1.84. The highest BCUT2D eigenvalue weighted by Crippen LogP contribution is 2.40. The molecule has 0 bridgehead atoms. The molecule has 0 radical (unpaired) electrons. The van der Waals surface area contributed by atoms with Crippen LogP contribution < -0.4 is 0 Å². The first kappa shape index (κ1) is 28.6. The van der Waals surface area contributed by atoms with Gasteiger partial charge in [-0.3, -0.25) is 9.59 Å². The third kappa shape index (κ3) is 5.95. The molecule has 200 valence electrons. The van der Waals surface area contributed by atoms with Crippen molar-refractivity contribution >= 4 is 27.5 Å². The van der Waals surface area contributed by atoms with Crippen molar-refractivity contribution in [2.45, 2.75) is 43.5 Å². The van der Waals surface area contributed by atoms with E-state index >= 15 is 0 Å². The van der Waals surface area contributed by atoms with Crippen LogP contribution in [0.5, 0.6) is 0 Å². The molecule has 1 N–H and O–H groups in total. The summed E-state index contributed by atoms with van der Waals surface area (Å²) in [7, 11) is 2.95. The van der Waals surface area contributed by atoms with E-state index in [4.69, 9.17) is 0 Å². The minimum atomic E-state index is -3.76. The van der Waals surface area contributed by atoms with Crippen LogP contribution in [0.4, 0.5) is 0 Å². The fourth-order valence-electron chi connectivity index (χ4n) is 4.35. The average molecular weight is 528 g/mol. The van der Waals surface area contributed by atoms with Gasteiger partial charge >= 0.3 is 0 Å². The van der Waals surface area contributed by atoms with Gasteiger partial charge in [-0.15, -0.1) is 0 Å². The van der Waals surface area contributed by atoms with E-state index in [2.05, 4.69) is 20.8 Å². The lowest BCUT2D eigenvalue weighted by Crippen LogP contribution is -2.32. The van der Waals surface area contributed by atoms with Crippen LogP contribution in [0.2, 0.25) is 0 Å². The van der Waals surface area contributed by atoms with Crippen molar-refractivity contribution in [3.8, 4) is 0 Å². The number of aliphatic hydroxyl groups excluding tert-OH is 1. The van der Waals surface area contributed by atoms with Crippen molar-refractivity contribution in [2.75, 3.05) is 41.3 Å².